The molecule has 0 radical (unpaired) electrons. The topological polar surface area (TPSA) is 36.7 Å². The van der Waals surface area contributed by atoms with Crippen LogP contribution in [0.3, 0.4) is 0 Å². The van der Waals surface area contributed by atoms with Crippen molar-refractivity contribution >= 4 is 0 Å². The van der Waals surface area contributed by atoms with Gasteiger partial charge in [0.05, 0.1) is 11.6 Å². The summed E-state index contributed by atoms with van der Waals surface area (Å²) in [4.78, 5) is 4.16. The van der Waals surface area contributed by atoms with E-state index in [4.69, 9.17) is 5.26 Å². The number of nitrogens with zero attached hydrogens (tertiary/aromatic N) is 2. The molecular formula is C14H12N2. The molecule has 0 unspecified atom stereocenters. The van der Waals surface area contributed by atoms with Gasteiger partial charge in [0.25, 0.3) is 0 Å². The van der Waals surface area contributed by atoms with Gasteiger partial charge in [0.15, 0.2) is 0 Å². The second-order valence-electron chi connectivity index (χ2n) is 3.85. The maximum atomic E-state index is 9.11. The Labute approximate surface area is 95.2 Å². The highest BCUT2D eigenvalue weighted by Gasteiger charge is 2.05. The number of aromatic nitrogens is 1. The van der Waals surface area contributed by atoms with Gasteiger partial charge in [-0.25, -0.2) is 0 Å². The lowest BCUT2D eigenvalue weighted by atomic mass is 9.99. The fourth-order valence-electron chi connectivity index (χ4n) is 1.72. The first-order valence-electron chi connectivity index (χ1n) is 5.14. The largest absolute Gasteiger partial charge is 0.262 e. The van der Waals surface area contributed by atoms with Gasteiger partial charge < -0.3 is 0 Å². The first kappa shape index (κ1) is 10.4. The van der Waals surface area contributed by atoms with E-state index in [1.54, 1.807) is 6.20 Å². The maximum absolute atomic E-state index is 9.11. The molecule has 0 aliphatic heterocycles. The van der Waals surface area contributed by atoms with Crippen LogP contribution in [-0.4, -0.2) is 4.98 Å². The highest BCUT2D eigenvalue weighted by molar-refractivity contribution is 5.70. The molecule has 0 aliphatic rings. The van der Waals surface area contributed by atoms with Crippen molar-refractivity contribution in [2.45, 2.75) is 13.8 Å². The van der Waals surface area contributed by atoms with Gasteiger partial charge in [0.1, 0.15) is 0 Å². The van der Waals surface area contributed by atoms with E-state index < -0.39 is 0 Å². The molecule has 78 valence electrons. The number of nitriles is 1. The SMILES string of the molecule is Cc1ccc(-c2ccnc(C)c2)c(C#N)c1. The van der Waals surface area contributed by atoms with Crippen LogP contribution >= 0.6 is 0 Å². The molecule has 1 heterocycles. The molecule has 0 fully saturated rings. The fraction of sp³-hybridized carbons (Fsp3) is 0.143. The third-order valence-electron chi connectivity index (χ3n) is 2.50. The van der Waals surface area contributed by atoms with Crippen LogP contribution in [0.1, 0.15) is 16.8 Å². The Morgan fingerprint density at radius 3 is 2.62 bits per heavy atom. The first-order chi connectivity index (χ1) is 7.70. The van der Waals surface area contributed by atoms with E-state index in [-0.39, 0.29) is 0 Å². The minimum atomic E-state index is 0.714. The molecule has 2 nitrogen and oxygen atoms in total. The predicted molar refractivity (Wildman–Crippen MR) is 63.9 cm³/mol. The molecule has 2 aromatic rings. The third kappa shape index (κ3) is 1.94. The number of benzene rings is 1. The molecule has 0 atom stereocenters. The number of hydrogen-bond acceptors (Lipinski definition) is 2. The monoisotopic (exact) mass is 208 g/mol. The van der Waals surface area contributed by atoms with Crippen LogP contribution in [0.25, 0.3) is 11.1 Å². The summed E-state index contributed by atoms with van der Waals surface area (Å²) in [6.45, 7) is 3.94. The van der Waals surface area contributed by atoms with E-state index in [1.807, 2.05) is 44.2 Å². The lowest BCUT2D eigenvalue weighted by Crippen LogP contribution is -1.88. The summed E-state index contributed by atoms with van der Waals surface area (Å²) in [5.74, 6) is 0. The quantitative estimate of drug-likeness (QED) is 0.721. The number of rotatable bonds is 1. The van der Waals surface area contributed by atoms with Gasteiger partial charge >= 0.3 is 0 Å². The minimum Gasteiger partial charge on any atom is -0.262 e. The fourth-order valence-corrected chi connectivity index (χ4v) is 1.72. The van der Waals surface area contributed by atoms with Gasteiger partial charge in [0.2, 0.25) is 0 Å². The van der Waals surface area contributed by atoms with Crippen LogP contribution in [0, 0.1) is 25.2 Å². The lowest BCUT2D eigenvalue weighted by Gasteiger charge is -2.05. The van der Waals surface area contributed by atoms with Crippen LogP contribution < -0.4 is 0 Å². The average Bonchev–Trinajstić information content (AvgIpc) is 2.28. The summed E-state index contributed by atoms with van der Waals surface area (Å²) in [5, 5.41) is 9.11. The molecule has 0 saturated carbocycles. The number of hydrogen-bond donors (Lipinski definition) is 0. The molecule has 0 saturated heterocycles. The van der Waals surface area contributed by atoms with E-state index in [2.05, 4.69) is 11.1 Å². The van der Waals surface area contributed by atoms with Gasteiger partial charge in [-0.3, -0.25) is 4.98 Å². The van der Waals surface area contributed by atoms with E-state index in [9.17, 15) is 0 Å². The highest BCUT2D eigenvalue weighted by Crippen LogP contribution is 2.24. The van der Waals surface area contributed by atoms with Crippen molar-refractivity contribution in [1.29, 1.82) is 5.26 Å². The standard InChI is InChI=1S/C14H12N2/c1-10-3-4-14(13(7-10)9-15)12-5-6-16-11(2)8-12/h3-8H,1-2H3. The molecule has 2 heteroatoms. The van der Waals surface area contributed by atoms with Gasteiger partial charge in [0, 0.05) is 11.9 Å². The molecule has 2 rings (SSSR count). The maximum Gasteiger partial charge on any atom is 0.0998 e. The van der Waals surface area contributed by atoms with Crippen molar-refractivity contribution in [3.63, 3.8) is 0 Å². The van der Waals surface area contributed by atoms with Gasteiger partial charge in [-0.2, -0.15) is 5.26 Å². The Hall–Kier alpha value is -2.14. The van der Waals surface area contributed by atoms with Gasteiger partial charge in [-0.05, 0) is 48.7 Å². The number of aryl methyl sites for hydroxylation is 2. The van der Waals surface area contributed by atoms with Crippen LogP contribution in [0.5, 0.6) is 0 Å². The van der Waals surface area contributed by atoms with Crippen molar-refractivity contribution in [2.24, 2.45) is 0 Å². The molecule has 1 aromatic carbocycles. The molecule has 1 aromatic heterocycles. The zero-order valence-electron chi connectivity index (χ0n) is 9.36. The normalized spacial score (nSPS) is 9.81. The summed E-state index contributed by atoms with van der Waals surface area (Å²) >= 11 is 0. The Kier molecular flexibility index (Phi) is 2.70. The molecule has 0 bridgehead atoms. The number of pyridine rings is 1. The van der Waals surface area contributed by atoms with E-state index in [0.29, 0.717) is 5.56 Å². The summed E-state index contributed by atoms with van der Waals surface area (Å²) in [6, 6.07) is 12.1. The van der Waals surface area contributed by atoms with Crippen LogP contribution in [0.15, 0.2) is 36.5 Å². The summed E-state index contributed by atoms with van der Waals surface area (Å²) in [6.07, 6.45) is 1.77. The highest BCUT2D eigenvalue weighted by atomic mass is 14.6. The lowest BCUT2D eigenvalue weighted by molar-refractivity contribution is 1.20. The minimum absolute atomic E-state index is 0.714. The summed E-state index contributed by atoms with van der Waals surface area (Å²) < 4.78 is 0. The average molecular weight is 208 g/mol. The van der Waals surface area contributed by atoms with Gasteiger partial charge in [-0.1, -0.05) is 12.1 Å². The second-order valence-corrected chi connectivity index (χ2v) is 3.85. The summed E-state index contributed by atoms with van der Waals surface area (Å²) in [5.41, 5.74) is 4.79. The Balaban J connectivity index is 2.61. The smallest absolute Gasteiger partial charge is 0.0998 e. The van der Waals surface area contributed by atoms with Crippen molar-refractivity contribution in [3.8, 4) is 17.2 Å². The molecule has 0 amide bonds. The van der Waals surface area contributed by atoms with Crippen molar-refractivity contribution < 1.29 is 0 Å². The van der Waals surface area contributed by atoms with E-state index in [0.717, 1.165) is 22.4 Å². The van der Waals surface area contributed by atoms with Crippen LogP contribution in [0.4, 0.5) is 0 Å². The Morgan fingerprint density at radius 2 is 1.94 bits per heavy atom. The van der Waals surface area contributed by atoms with Crippen molar-refractivity contribution in [2.75, 3.05) is 0 Å². The zero-order chi connectivity index (χ0) is 11.5. The zero-order valence-corrected chi connectivity index (χ0v) is 9.36. The third-order valence-corrected chi connectivity index (χ3v) is 2.50. The summed E-state index contributed by atoms with van der Waals surface area (Å²) in [7, 11) is 0. The van der Waals surface area contributed by atoms with Crippen LogP contribution in [-0.2, 0) is 0 Å². The second kappa shape index (κ2) is 4.16. The molecule has 16 heavy (non-hydrogen) atoms. The first-order valence-corrected chi connectivity index (χ1v) is 5.14. The van der Waals surface area contributed by atoms with Crippen molar-refractivity contribution in [3.05, 3.63) is 53.3 Å². The van der Waals surface area contributed by atoms with Gasteiger partial charge in [-0.15, -0.1) is 0 Å². The van der Waals surface area contributed by atoms with Crippen molar-refractivity contribution in [1.82, 2.24) is 4.98 Å². The molecular weight excluding hydrogens is 196 g/mol. The predicted octanol–water partition coefficient (Wildman–Crippen LogP) is 3.24. The Morgan fingerprint density at radius 1 is 1.12 bits per heavy atom. The molecule has 0 N–H and O–H groups in total. The van der Waals surface area contributed by atoms with E-state index >= 15 is 0 Å². The van der Waals surface area contributed by atoms with E-state index in [1.165, 1.54) is 0 Å². The molecule has 0 spiro atoms. The Bertz CT molecular complexity index is 565. The molecule has 0 aliphatic carbocycles. The van der Waals surface area contributed by atoms with Crippen LogP contribution in [0.2, 0.25) is 0 Å².